The lowest BCUT2D eigenvalue weighted by Gasteiger charge is -2.19. The first kappa shape index (κ1) is 17.9. The largest absolute Gasteiger partial charge is 0.381 e. The molecule has 110 valence electrons. The highest BCUT2D eigenvalue weighted by Crippen LogP contribution is 2.15. The quantitative estimate of drug-likeness (QED) is 0.531. The fraction of sp³-hybridized carbons (Fsp3) is 1.00. The molecular formula is C16H35NO. The van der Waals surface area contributed by atoms with E-state index in [9.17, 15) is 0 Å². The van der Waals surface area contributed by atoms with Gasteiger partial charge in [-0.2, -0.15) is 0 Å². The van der Waals surface area contributed by atoms with Crippen molar-refractivity contribution in [3.05, 3.63) is 0 Å². The Bertz CT molecular complexity index is 168. The molecule has 18 heavy (non-hydrogen) atoms. The Hall–Kier alpha value is -0.0800. The van der Waals surface area contributed by atoms with Gasteiger partial charge in [0.1, 0.15) is 0 Å². The van der Waals surface area contributed by atoms with Crippen LogP contribution in [0.3, 0.4) is 0 Å². The second kappa shape index (κ2) is 12.0. The molecule has 0 rings (SSSR count). The lowest BCUT2D eigenvalue weighted by atomic mass is 9.94. The Morgan fingerprint density at radius 2 is 1.61 bits per heavy atom. The van der Waals surface area contributed by atoms with Crippen LogP contribution in [0.2, 0.25) is 0 Å². The molecule has 1 unspecified atom stereocenters. The molecule has 0 fully saturated rings. The molecule has 0 heterocycles. The molecule has 2 heteroatoms. The Morgan fingerprint density at radius 1 is 0.944 bits per heavy atom. The third-order valence-corrected chi connectivity index (χ3v) is 3.17. The summed E-state index contributed by atoms with van der Waals surface area (Å²) in [6, 6.07) is 0. The zero-order valence-electron chi connectivity index (χ0n) is 13.3. The van der Waals surface area contributed by atoms with Gasteiger partial charge in [0.15, 0.2) is 0 Å². The minimum atomic E-state index is 0.752. The van der Waals surface area contributed by atoms with Crippen LogP contribution in [0.25, 0.3) is 0 Å². The van der Waals surface area contributed by atoms with E-state index >= 15 is 0 Å². The van der Waals surface area contributed by atoms with E-state index in [0.29, 0.717) is 0 Å². The van der Waals surface area contributed by atoms with Gasteiger partial charge in [-0.25, -0.2) is 0 Å². The van der Waals surface area contributed by atoms with Crippen molar-refractivity contribution < 1.29 is 4.74 Å². The van der Waals surface area contributed by atoms with Crippen molar-refractivity contribution in [1.29, 1.82) is 0 Å². The molecule has 0 aliphatic heterocycles. The van der Waals surface area contributed by atoms with Crippen LogP contribution in [0.15, 0.2) is 0 Å². The Morgan fingerprint density at radius 3 is 2.17 bits per heavy atom. The zero-order valence-corrected chi connectivity index (χ0v) is 13.3. The highest BCUT2D eigenvalue weighted by molar-refractivity contribution is 4.64. The first-order chi connectivity index (χ1) is 8.56. The van der Waals surface area contributed by atoms with Crippen molar-refractivity contribution >= 4 is 0 Å². The van der Waals surface area contributed by atoms with Gasteiger partial charge >= 0.3 is 0 Å². The summed E-state index contributed by atoms with van der Waals surface area (Å²) in [4.78, 5) is 0. The molecule has 0 aromatic heterocycles. The molecule has 0 aliphatic rings. The Balaban J connectivity index is 3.65. The summed E-state index contributed by atoms with van der Waals surface area (Å²) in [6.07, 6.45) is 4.92. The van der Waals surface area contributed by atoms with Crippen LogP contribution in [-0.4, -0.2) is 26.3 Å². The molecule has 2 nitrogen and oxygen atoms in total. The van der Waals surface area contributed by atoms with Crippen molar-refractivity contribution in [1.82, 2.24) is 5.32 Å². The third kappa shape index (κ3) is 12.4. The lowest BCUT2D eigenvalue weighted by molar-refractivity contribution is 0.107. The van der Waals surface area contributed by atoms with Crippen molar-refractivity contribution in [3.8, 4) is 0 Å². The van der Waals surface area contributed by atoms with E-state index in [1.54, 1.807) is 0 Å². The third-order valence-electron chi connectivity index (χ3n) is 3.17. The monoisotopic (exact) mass is 257 g/mol. The van der Waals surface area contributed by atoms with E-state index in [0.717, 1.165) is 44.1 Å². The normalized spacial score (nSPS) is 13.5. The minimum Gasteiger partial charge on any atom is -0.381 e. The van der Waals surface area contributed by atoms with E-state index < -0.39 is 0 Å². The zero-order chi connectivity index (χ0) is 13.8. The maximum absolute atomic E-state index is 5.74. The van der Waals surface area contributed by atoms with Crippen LogP contribution < -0.4 is 5.32 Å². The summed E-state index contributed by atoms with van der Waals surface area (Å²) in [5.41, 5.74) is 0. The van der Waals surface area contributed by atoms with Crippen molar-refractivity contribution in [2.24, 2.45) is 17.8 Å². The molecule has 0 radical (unpaired) electrons. The van der Waals surface area contributed by atoms with Gasteiger partial charge in [-0.05, 0) is 56.5 Å². The summed E-state index contributed by atoms with van der Waals surface area (Å²) in [6.45, 7) is 15.5. The van der Waals surface area contributed by atoms with E-state index in [1.165, 1.54) is 25.7 Å². The Kier molecular flexibility index (Phi) is 11.9. The van der Waals surface area contributed by atoms with Gasteiger partial charge < -0.3 is 10.1 Å². The van der Waals surface area contributed by atoms with Gasteiger partial charge in [-0.3, -0.25) is 0 Å². The van der Waals surface area contributed by atoms with Crippen LogP contribution in [0.5, 0.6) is 0 Å². The number of rotatable bonds is 12. The topological polar surface area (TPSA) is 21.3 Å². The predicted octanol–water partition coefficient (Wildman–Crippen LogP) is 4.10. The average molecular weight is 257 g/mol. The molecule has 1 atom stereocenters. The fourth-order valence-corrected chi connectivity index (χ4v) is 2.12. The second-order valence-electron chi connectivity index (χ2n) is 6.28. The smallest absolute Gasteiger partial charge is 0.0469 e. The highest BCUT2D eigenvalue weighted by atomic mass is 16.5. The fourth-order valence-electron chi connectivity index (χ4n) is 2.12. The average Bonchev–Trinajstić information content (AvgIpc) is 2.27. The molecule has 0 aliphatic carbocycles. The maximum atomic E-state index is 5.74. The number of hydrogen-bond acceptors (Lipinski definition) is 2. The van der Waals surface area contributed by atoms with Crippen molar-refractivity contribution in [2.75, 3.05) is 26.3 Å². The molecule has 0 spiro atoms. The summed E-state index contributed by atoms with van der Waals surface area (Å²) in [7, 11) is 0. The minimum absolute atomic E-state index is 0.752. The molecule has 0 amide bonds. The first-order valence-corrected chi connectivity index (χ1v) is 7.84. The molecule has 0 aromatic rings. The Labute approximate surface area is 115 Å². The number of hydrogen-bond donors (Lipinski definition) is 1. The van der Waals surface area contributed by atoms with Gasteiger partial charge in [0.25, 0.3) is 0 Å². The van der Waals surface area contributed by atoms with Gasteiger partial charge in [-0.1, -0.05) is 34.6 Å². The van der Waals surface area contributed by atoms with Gasteiger partial charge in [0, 0.05) is 13.2 Å². The van der Waals surface area contributed by atoms with Gasteiger partial charge in [0.2, 0.25) is 0 Å². The van der Waals surface area contributed by atoms with E-state index in [4.69, 9.17) is 4.74 Å². The first-order valence-electron chi connectivity index (χ1n) is 7.84. The molecule has 1 N–H and O–H groups in total. The number of nitrogens with one attached hydrogen (secondary N) is 1. The van der Waals surface area contributed by atoms with Crippen LogP contribution in [0.1, 0.15) is 60.3 Å². The van der Waals surface area contributed by atoms with Crippen LogP contribution in [-0.2, 0) is 4.74 Å². The second-order valence-corrected chi connectivity index (χ2v) is 6.28. The summed E-state index contributed by atoms with van der Waals surface area (Å²) in [5, 5.41) is 3.54. The molecule has 0 saturated heterocycles. The van der Waals surface area contributed by atoms with E-state index in [1.807, 2.05) is 0 Å². The number of ether oxygens (including phenoxy) is 1. The van der Waals surface area contributed by atoms with E-state index in [-0.39, 0.29) is 0 Å². The summed E-state index contributed by atoms with van der Waals surface area (Å²) < 4.78 is 5.74. The van der Waals surface area contributed by atoms with Crippen molar-refractivity contribution in [3.63, 3.8) is 0 Å². The van der Waals surface area contributed by atoms with E-state index in [2.05, 4.69) is 39.9 Å². The summed E-state index contributed by atoms with van der Waals surface area (Å²) in [5.74, 6) is 2.31. The highest BCUT2D eigenvalue weighted by Gasteiger charge is 2.10. The van der Waals surface area contributed by atoms with Gasteiger partial charge in [-0.15, -0.1) is 0 Å². The molecule has 0 aromatic carbocycles. The van der Waals surface area contributed by atoms with Gasteiger partial charge in [0.05, 0.1) is 0 Å². The maximum Gasteiger partial charge on any atom is 0.0469 e. The molecule has 0 bridgehead atoms. The lowest BCUT2D eigenvalue weighted by Crippen LogP contribution is -2.25. The summed E-state index contributed by atoms with van der Waals surface area (Å²) >= 11 is 0. The van der Waals surface area contributed by atoms with Crippen molar-refractivity contribution in [2.45, 2.75) is 60.3 Å². The molecule has 0 saturated carbocycles. The molecular weight excluding hydrogens is 222 g/mol. The predicted molar refractivity (Wildman–Crippen MR) is 81.0 cm³/mol. The van der Waals surface area contributed by atoms with Crippen LogP contribution in [0.4, 0.5) is 0 Å². The SMILES string of the molecule is CCCNCC(CCOCCC(C)C)CC(C)C. The van der Waals surface area contributed by atoms with Crippen LogP contribution in [0, 0.1) is 17.8 Å². The van der Waals surface area contributed by atoms with Crippen LogP contribution >= 0.6 is 0 Å². The standard InChI is InChI=1S/C16H35NO/c1-6-9-17-13-16(12-15(4)5)8-11-18-10-7-14(2)3/h14-17H,6-13H2,1-5H3.